The molecule has 0 spiro atoms. The molecule has 0 atom stereocenters. The zero-order valence-electron chi connectivity index (χ0n) is 8.56. The van der Waals surface area contributed by atoms with Gasteiger partial charge in [0.2, 0.25) is 0 Å². The Morgan fingerprint density at radius 1 is 1.47 bits per heavy atom. The van der Waals surface area contributed by atoms with Crippen molar-refractivity contribution in [3.8, 4) is 5.75 Å². The molecule has 1 aromatic carbocycles. The number of hydrogen-bond donors (Lipinski definition) is 1. The van der Waals surface area contributed by atoms with Crippen LogP contribution < -0.4 is 0 Å². The predicted octanol–water partition coefficient (Wildman–Crippen LogP) is 1.77. The minimum absolute atomic E-state index is 0.0822. The molecule has 0 saturated heterocycles. The maximum absolute atomic E-state index is 11.5. The van der Waals surface area contributed by atoms with Crippen molar-refractivity contribution < 1.29 is 19.4 Å². The Labute approximate surface area is 87.5 Å². The van der Waals surface area contributed by atoms with Gasteiger partial charge in [0.15, 0.2) is 6.29 Å². The molecule has 1 rings (SSSR count). The van der Waals surface area contributed by atoms with Crippen LogP contribution >= 0.6 is 0 Å². The maximum atomic E-state index is 11.5. The highest BCUT2D eigenvalue weighted by atomic mass is 16.5. The van der Waals surface area contributed by atoms with Crippen LogP contribution in [-0.2, 0) is 4.74 Å². The van der Waals surface area contributed by atoms with Crippen molar-refractivity contribution in [3.05, 3.63) is 29.3 Å². The summed E-state index contributed by atoms with van der Waals surface area (Å²) in [5.74, 6) is -0.935. The highest BCUT2D eigenvalue weighted by molar-refractivity contribution is 6.00. The Morgan fingerprint density at radius 3 is 2.67 bits per heavy atom. The van der Waals surface area contributed by atoms with Gasteiger partial charge in [0.25, 0.3) is 0 Å². The number of hydrogen-bond acceptors (Lipinski definition) is 4. The first-order valence-electron chi connectivity index (χ1n) is 4.54. The summed E-state index contributed by atoms with van der Waals surface area (Å²) < 4.78 is 4.90. The largest absolute Gasteiger partial charge is 0.507 e. The number of esters is 1. The van der Waals surface area contributed by atoms with Gasteiger partial charge in [0.05, 0.1) is 6.10 Å². The van der Waals surface area contributed by atoms with E-state index in [1.165, 1.54) is 18.2 Å². The van der Waals surface area contributed by atoms with Gasteiger partial charge in [0.1, 0.15) is 11.3 Å². The third kappa shape index (κ3) is 2.56. The van der Waals surface area contributed by atoms with Crippen LogP contribution in [0.2, 0.25) is 0 Å². The summed E-state index contributed by atoms with van der Waals surface area (Å²) in [6, 6.07) is 4.28. The van der Waals surface area contributed by atoms with E-state index < -0.39 is 5.97 Å². The summed E-state index contributed by atoms with van der Waals surface area (Å²) in [7, 11) is 0. The molecular weight excluding hydrogens is 196 g/mol. The van der Waals surface area contributed by atoms with E-state index in [9.17, 15) is 14.7 Å². The minimum Gasteiger partial charge on any atom is -0.507 e. The zero-order chi connectivity index (χ0) is 11.4. The number of carbonyl (C=O) groups is 2. The Hall–Kier alpha value is -1.84. The van der Waals surface area contributed by atoms with Gasteiger partial charge >= 0.3 is 5.97 Å². The molecule has 0 bridgehead atoms. The SMILES string of the molecule is CC(C)OC(=O)c1c(O)cccc1C=O. The summed E-state index contributed by atoms with van der Waals surface area (Å²) in [4.78, 5) is 22.2. The number of phenolic OH excluding ortho intramolecular Hbond substituents is 1. The lowest BCUT2D eigenvalue weighted by Gasteiger charge is -2.10. The number of phenols is 1. The topological polar surface area (TPSA) is 63.6 Å². The fraction of sp³-hybridized carbons (Fsp3) is 0.273. The first-order chi connectivity index (χ1) is 7.06. The summed E-state index contributed by atoms with van der Waals surface area (Å²) in [6.45, 7) is 3.39. The molecule has 1 aromatic rings. The van der Waals surface area contributed by atoms with Crippen LogP contribution in [0.25, 0.3) is 0 Å². The smallest absolute Gasteiger partial charge is 0.342 e. The van der Waals surface area contributed by atoms with E-state index in [-0.39, 0.29) is 23.0 Å². The van der Waals surface area contributed by atoms with Gasteiger partial charge in [-0.3, -0.25) is 4.79 Å². The molecular formula is C11H12O4. The first-order valence-corrected chi connectivity index (χ1v) is 4.54. The van der Waals surface area contributed by atoms with E-state index in [0.717, 1.165) is 0 Å². The van der Waals surface area contributed by atoms with E-state index in [1.807, 2.05) is 0 Å². The molecule has 0 unspecified atom stereocenters. The molecule has 15 heavy (non-hydrogen) atoms. The van der Waals surface area contributed by atoms with Gasteiger partial charge in [0, 0.05) is 5.56 Å². The Kier molecular flexibility index (Phi) is 3.44. The van der Waals surface area contributed by atoms with Crippen molar-refractivity contribution in [1.29, 1.82) is 0 Å². The fourth-order valence-corrected chi connectivity index (χ4v) is 1.15. The second kappa shape index (κ2) is 4.59. The molecule has 0 amide bonds. The number of ether oxygens (including phenoxy) is 1. The molecule has 4 heteroatoms. The average molecular weight is 208 g/mol. The van der Waals surface area contributed by atoms with Crippen molar-refractivity contribution in [1.82, 2.24) is 0 Å². The highest BCUT2D eigenvalue weighted by Crippen LogP contribution is 2.21. The van der Waals surface area contributed by atoms with Gasteiger partial charge in [-0.2, -0.15) is 0 Å². The van der Waals surface area contributed by atoms with Crippen molar-refractivity contribution in [2.45, 2.75) is 20.0 Å². The lowest BCUT2D eigenvalue weighted by molar-refractivity contribution is 0.0373. The summed E-state index contributed by atoms with van der Waals surface area (Å²) in [5.41, 5.74) is 0.0434. The molecule has 0 fully saturated rings. The van der Waals surface area contributed by atoms with E-state index in [1.54, 1.807) is 13.8 Å². The first kappa shape index (κ1) is 11.2. The molecule has 0 aromatic heterocycles. The van der Waals surface area contributed by atoms with Gasteiger partial charge in [-0.1, -0.05) is 12.1 Å². The van der Waals surface area contributed by atoms with Crippen molar-refractivity contribution in [2.24, 2.45) is 0 Å². The second-order valence-corrected chi connectivity index (χ2v) is 3.31. The second-order valence-electron chi connectivity index (χ2n) is 3.31. The van der Waals surface area contributed by atoms with Crippen molar-refractivity contribution in [3.63, 3.8) is 0 Å². The standard InChI is InChI=1S/C11H12O4/c1-7(2)15-11(14)10-8(6-12)4-3-5-9(10)13/h3-7,13H,1-2H3. The molecule has 0 radical (unpaired) electrons. The number of carbonyl (C=O) groups excluding carboxylic acids is 2. The predicted molar refractivity (Wildman–Crippen MR) is 54.0 cm³/mol. The molecule has 0 heterocycles. The lowest BCUT2D eigenvalue weighted by Crippen LogP contribution is -2.13. The third-order valence-electron chi connectivity index (χ3n) is 1.75. The van der Waals surface area contributed by atoms with Crippen LogP contribution in [-0.4, -0.2) is 23.5 Å². The molecule has 0 saturated carbocycles. The number of aldehydes is 1. The number of aromatic hydroxyl groups is 1. The fourth-order valence-electron chi connectivity index (χ4n) is 1.15. The lowest BCUT2D eigenvalue weighted by atomic mass is 10.1. The van der Waals surface area contributed by atoms with Crippen molar-refractivity contribution >= 4 is 12.3 Å². The van der Waals surface area contributed by atoms with Crippen LogP contribution in [0.5, 0.6) is 5.75 Å². The van der Waals surface area contributed by atoms with Crippen LogP contribution in [0.4, 0.5) is 0 Å². The van der Waals surface area contributed by atoms with E-state index in [4.69, 9.17) is 4.74 Å². The third-order valence-corrected chi connectivity index (χ3v) is 1.75. The van der Waals surface area contributed by atoms with E-state index in [2.05, 4.69) is 0 Å². The molecule has 0 aliphatic heterocycles. The molecule has 4 nitrogen and oxygen atoms in total. The van der Waals surface area contributed by atoms with Crippen LogP contribution in [0.15, 0.2) is 18.2 Å². The van der Waals surface area contributed by atoms with Gasteiger partial charge in [-0.05, 0) is 19.9 Å². The van der Waals surface area contributed by atoms with Gasteiger partial charge in [-0.15, -0.1) is 0 Å². The Bertz CT molecular complexity index is 382. The van der Waals surface area contributed by atoms with Crippen LogP contribution in [0, 0.1) is 0 Å². The van der Waals surface area contributed by atoms with Crippen LogP contribution in [0.1, 0.15) is 34.6 Å². The van der Waals surface area contributed by atoms with E-state index in [0.29, 0.717) is 6.29 Å². The number of rotatable bonds is 3. The Balaban J connectivity index is 3.11. The molecule has 80 valence electrons. The van der Waals surface area contributed by atoms with Crippen molar-refractivity contribution in [2.75, 3.05) is 0 Å². The number of benzene rings is 1. The molecule has 1 N–H and O–H groups in total. The monoisotopic (exact) mass is 208 g/mol. The normalized spacial score (nSPS) is 10.1. The Morgan fingerprint density at radius 2 is 2.13 bits per heavy atom. The van der Waals surface area contributed by atoms with E-state index >= 15 is 0 Å². The van der Waals surface area contributed by atoms with Crippen LogP contribution in [0.3, 0.4) is 0 Å². The summed E-state index contributed by atoms with van der Waals surface area (Å²) in [5, 5.41) is 9.45. The zero-order valence-corrected chi connectivity index (χ0v) is 8.56. The van der Waals surface area contributed by atoms with Gasteiger partial charge < -0.3 is 9.84 Å². The molecule has 0 aliphatic rings. The maximum Gasteiger partial charge on any atom is 0.342 e. The average Bonchev–Trinajstić information content (AvgIpc) is 2.15. The summed E-state index contributed by atoms with van der Waals surface area (Å²) >= 11 is 0. The quantitative estimate of drug-likeness (QED) is 0.607. The minimum atomic E-state index is -0.690. The highest BCUT2D eigenvalue weighted by Gasteiger charge is 2.18. The molecule has 0 aliphatic carbocycles. The summed E-state index contributed by atoms with van der Waals surface area (Å²) in [6.07, 6.45) is 0.216. The van der Waals surface area contributed by atoms with Gasteiger partial charge in [-0.25, -0.2) is 4.79 Å².